The highest BCUT2D eigenvalue weighted by Crippen LogP contribution is 2.27. The molecule has 4 rings (SSSR count). The number of aryl methyl sites for hydroxylation is 1. The maximum Gasteiger partial charge on any atom is 0.269 e. The molecular weight excluding hydrogens is 470 g/mol. The van der Waals surface area contributed by atoms with Crippen LogP contribution in [0, 0.1) is 17.0 Å². The Morgan fingerprint density at radius 1 is 1.11 bits per heavy atom. The number of nitro benzene ring substituents is 1. The molecule has 0 aliphatic carbocycles. The highest BCUT2D eigenvalue weighted by atomic mass is 32.2. The minimum atomic E-state index is -3.65. The van der Waals surface area contributed by atoms with Gasteiger partial charge in [0.2, 0.25) is 10.0 Å². The number of nitrogens with one attached hydrogen (secondary N) is 1. The molecule has 2 heterocycles. The van der Waals surface area contributed by atoms with E-state index in [0.717, 1.165) is 19.3 Å². The Morgan fingerprint density at radius 2 is 1.80 bits per heavy atom. The number of aromatic nitrogens is 2. The van der Waals surface area contributed by atoms with E-state index >= 15 is 0 Å². The predicted octanol–water partition coefficient (Wildman–Crippen LogP) is 4.08. The van der Waals surface area contributed by atoms with E-state index in [-0.39, 0.29) is 10.6 Å². The van der Waals surface area contributed by atoms with E-state index in [9.17, 15) is 23.3 Å². The third-order valence-corrected chi connectivity index (χ3v) is 8.17. The lowest BCUT2D eigenvalue weighted by molar-refractivity contribution is -0.384. The van der Waals surface area contributed by atoms with Gasteiger partial charge in [-0.2, -0.15) is 9.40 Å². The lowest BCUT2D eigenvalue weighted by Gasteiger charge is -2.26. The molecule has 184 valence electrons. The van der Waals surface area contributed by atoms with Gasteiger partial charge in [0.25, 0.3) is 11.6 Å². The van der Waals surface area contributed by atoms with Gasteiger partial charge in [0, 0.05) is 30.9 Å². The Labute approximate surface area is 203 Å². The van der Waals surface area contributed by atoms with Crippen molar-refractivity contribution < 1.29 is 18.1 Å². The van der Waals surface area contributed by atoms with Crippen molar-refractivity contribution in [3.8, 4) is 5.69 Å². The van der Waals surface area contributed by atoms with Gasteiger partial charge in [0.1, 0.15) is 0 Å². The van der Waals surface area contributed by atoms with E-state index in [1.807, 2.05) is 6.92 Å². The van der Waals surface area contributed by atoms with Gasteiger partial charge >= 0.3 is 0 Å². The maximum absolute atomic E-state index is 13.2. The number of carbonyl (C=O) groups is 1. The third-order valence-electron chi connectivity index (χ3n) is 6.13. The summed E-state index contributed by atoms with van der Waals surface area (Å²) >= 11 is 0. The first-order valence-electron chi connectivity index (χ1n) is 11.5. The predicted molar refractivity (Wildman–Crippen MR) is 131 cm³/mol. The minimum Gasteiger partial charge on any atom is -0.322 e. The van der Waals surface area contributed by atoms with Crippen LogP contribution in [0.15, 0.2) is 53.6 Å². The summed E-state index contributed by atoms with van der Waals surface area (Å²) in [6, 6.07) is 10.8. The molecule has 0 radical (unpaired) electrons. The average molecular weight is 498 g/mol. The van der Waals surface area contributed by atoms with Crippen molar-refractivity contribution in [2.45, 2.75) is 44.4 Å². The Bertz CT molecular complexity index is 1360. The molecule has 0 atom stereocenters. The van der Waals surface area contributed by atoms with E-state index in [0.29, 0.717) is 47.7 Å². The summed E-state index contributed by atoms with van der Waals surface area (Å²) in [5, 5.41) is 18.0. The number of anilines is 1. The standard InChI is InChI=1S/C24H27N5O5S/c1-3-22-21(16-25-28(22)19-9-11-20(12-10-19)29(31)32)24(30)26-18-8-7-17(2)23(15-18)35(33,34)27-13-5-4-6-14-27/h7-12,15-16H,3-6,13-14H2,1-2H3,(H,26,30). The van der Waals surface area contributed by atoms with Gasteiger partial charge in [-0.25, -0.2) is 13.1 Å². The second-order valence-corrected chi connectivity index (χ2v) is 10.3. The maximum atomic E-state index is 13.2. The van der Waals surface area contributed by atoms with Gasteiger partial charge in [0.05, 0.1) is 33.0 Å². The lowest BCUT2D eigenvalue weighted by atomic mass is 10.1. The summed E-state index contributed by atoms with van der Waals surface area (Å²) in [7, 11) is -3.65. The van der Waals surface area contributed by atoms with Crippen LogP contribution in [-0.2, 0) is 16.4 Å². The van der Waals surface area contributed by atoms with Crippen LogP contribution in [0.1, 0.15) is 47.8 Å². The quantitative estimate of drug-likeness (QED) is 0.387. The summed E-state index contributed by atoms with van der Waals surface area (Å²) in [5.74, 6) is -0.416. The molecule has 10 nitrogen and oxygen atoms in total. The number of nitro groups is 1. The Hall–Kier alpha value is -3.57. The largest absolute Gasteiger partial charge is 0.322 e. The highest BCUT2D eigenvalue weighted by Gasteiger charge is 2.28. The minimum absolute atomic E-state index is 0.0356. The molecular formula is C24H27N5O5S. The first kappa shape index (κ1) is 24.6. The van der Waals surface area contributed by atoms with E-state index in [1.54, 1.807) is 35.9 Å². The fourth-order valence-corrected chi connectivity index (χ4v) is 6.01. The molecule has 0 bridgehead atoms. The van der Waals surface area contributed by atoms with Crippen molar-refractivity contribution >= 4 is 27.3 Å². The molecule has 1 aromatic heterocycles. The second-order valence-electron chi connectivity index (χ2n) is 8.44. The molecule has 11 heteroatoms. The van der Waals surface area contributed by atoms with Gasteiger partial charge < -0.3 is 5.32 Å². The van der Waals surface area contributed by atoms with Crippen molar-refractivity contribution in [2.75, 3.05) is 18.4 Å². The average Bonchev–Trinajstić information content (AvgIpc) is 3.30. The number of nitrogens with zero attached hydrogens (tertiary/aromatic N) is 4. The molecule has 1 N–H and O–H groups in total. The van der Waals surface area contributed by atoms with Crippen molar-refractivity contribution in [2.24, 2.45) is 0 Å². The molecule has 1 saturated heterocycles. The summed E-state index contributed by atoms with van der Waals surface area (Å²) < 4.78 is 29.5. The smallest absolute Gasteiger partial charge is 0.269 e. The molecule has 35 heavy (non-hydrogen) atoms. The zero-order chi connectivity index (χ0) is 25.2. The van der Waals surface area contributed by atoms with Gasteiger partial charge in [-0.05, 0) is 56.0 Å². The summed E-state index contributed by atoms with van der Waals surface area (Å²) in [6.45, 7) is 4.62. The monoisotopic (exact) mass is 497 g/mol. The van der Waals surface area contributed by atoms with Gasteiger partial charge in [0.15, 0.2) is 0 Å². The highest BCUT2D eigenvalue weighted by molar-refractivity contribution is 7.89. The first-order valence-corrected chi connectivity index (χ1v) is 12.9. The van der Waals surface area contributed by atoms with Crippen LogP contribution in [-0.4, -0.2) is 46.4 Å². The molecule has 3 aromatic rings. The fourth-order valence-electron chi connectivity index (χ4n) is 4.24. The second kappa shape index (κ2) is 9.96. The molecule has 1 amide bonds. The van der Waals surface area contributed by atoms with Crippen LogP contribution in [0.5, 0.6) is 0 Å². The van der Waals surface area contributed by atoms with Crippen LogP contribution in [0.4, 0.5) is 11.4 Å². The van der Waals surface area contributed by atoms with Crippen LogP contribution in [0.2, 0.25) is 0 Å². The Balaban J connectivity index is 1.60. The molecule has 1 aliphatic heterocycles. The number of rotatable bonds is 7. The van der Waals surface area contributed by atoms with Crippen LogP contribution in [0.3, 0.4) is 0 Å². The number of carbonyl (C=O) groups excluding carboxylic acids is 1. The lowest BCUT2D eigenvalue weighted by Crippen LogP contribution is -2.36. The van der Waals surface area contributed by atoms with Crippen molar-refractivity contribution in [1.82, 2.24) is 14.1 Å². The van der Waals surface area contributed by atoms with Crippen LogP contribution in [0.25, 0.3) is 5.69 Å². The summed E-state index contributed by atoms with van der Waals surface area (Å²) in [5.41, 5.74) is 2.52. The van der Waals surface area contributed by atoms with E-state index in [2.05, 4.69) is 10.4 Å². The van der Waals surface area contributed by atoms with Gasteiger partial charge in [-0.3, -0.25) is 14.9 Å². The Morgan fingerprint density at radius 3 is 2.43 bits per heavy atom. The number of amides is 1. The topological polar surface area (TPSA) is 127 Å². The van der Waals surface area contributed by atoms with Gasteiger partial charge in [-0.15, -0.1) is 0 Å². The molecule has 2 aromatic carbocycles. The molecule has 0 spiro atoms. The number of sulfonamides is 1. The third kappa shape index (κ3) is 4.96. The van der Waals surface area contributed by atoms with Crippen LogP contribution < -0.4 is 5.32 Å². The number of piperidine rings is 1. The molecule has 0 saturated carbocycles. The summed E-state index contributed by atoms with van der Waals surface area (Å²) in [4.78, 5) is 23.8. The van der Waals surface area contributed by atoms with Crippen LogP contribution >= 0.6 is 0 Å². The SMILES string of the molecule is CCc1c(C(=O)Nc2ccc(C)c(S(=O)(=O)N3CCCCC3)c2)cnn1-c1ccc([N+](=O)[O-])cc1. The number of non-ortho nitro benzene ring substituents is 1. The number of benzene rings is 2. The fraction of sp³-hybridized carbons (Fsp3) is 0.333. The molecule has 1 fully saturated rings. The number of hydrogen-bond acceptors (Lipinski definition) is 6. The zero-order valence-electron chi connectivity index (χ0n) is 19.6. The molecule has 1 aliphatic rings. The number of hydrogen-bond donors (Lipinski definition) is 1. The van der Waals surface area contributed by atoms with E-state index < -0.39 is 20.9 Å². The summed E-state index contributed by atoms with van der Waals surface area (Å²) in [6.07, 6.45) is 4.63. The van der Waals surface area contributed by atoms with Crippen molar-refractivity contribution in [3.05, 3.63) is 75.6 Å². The van der Waals surface area contributed by atoms with E-state index in [4.69, 9.17) is 0 Å². The normalized spacial score (nSPS) is 14.6. The Kier molecular flexibility index (Phi) is 6.99. The van der Waals surface area contributed by atoms with Crippen molar-refractivity contribution in [3.63, 3.8) is 0 Å². The van der Waals surface area contributed by atoms with E-state index in [1.165, 1.54) is 28.7 Å². The first-order chi connectivity index (χ1) is 16.7. The molecule has 0 unspecified atom stereocenters. The van der Waals surface area contributed by atoms with Gasteiger partial charge in [-0.1, -0.05) is 19.4 Å². The zero-order valence-corrected chi connectivity index (χ0v) is 20.4. The van der Waals surface area contributed by atoms with Crippen molar-refractivity contribution in [1.29, 1.82) is 0 Å².